The molecule has 0 aromatic heterocycles. The van der Waals surface area contributed by atoms with Crippen LogP contribution in [-0.4, -0.2) is 30.6 Å². The van der Waals surface area contributed by atoms with E-state index >= 15 is 0 Å². The molecule has 0 amide bonds. The molecule has 1 heterocycles. The van der Waals surface area contributed by atoms with Gasteiger partial charge in [-0.1, -0.05) is 23.7 Å². The van der Waals surface area contributed by atoms with Gasteiger partial charge >= 0.3 is 0 Å². The van der Waals surface area contributed by atoms with Crippen LogP contribution < -0.4 is 5.32 Å². The zero-order chi connectivity index (χ0) is 10.7. The highest BCUT2D eigenvalue weighted by Crippen LogP contribution is 2.13. The number of nitrogens with zero attached hydrogens (tertiary/aromatic N) is 1. The zero-order valence-electron chi connectivity index (χ0n) is 9.04. The van der Waals surface area contributed by atoms with Crippen molar-refractivity contribution in [3.8, 4) is 0 Å². The van der Waals surface area contributed by atoms with Gasteiger partial charge in [0.2, 0.25) is 0 Å². The van der Waals surface area contributed by atoms with Crippen LogP contribution in [0.5, 0.6) is 0 Å². The number of nitrogens with one attached hydrogen (secondary N) is 1. The monoisotopic (exact) mass is 224 g/mol. The van der Waals surface area contributed by atoms with E-state index in [4.69, 9.17) is 11.6 Å². The van der Waals surface area contributed by atoms with Gasteiger partial charge in [0, 0.05) is 37.2 Å². The second-order valence-electron chi connectivity index (χ2n) is 4.15. The minimum atomic E-state index is 0.620. The molecule has 0 spiro atoms. The van der Waals surface area contributed by atoms with Crippen molar-refractivity contribution in [2.24, 2.45) is 0 Å². The van der Waals surface area contributed by atoms with Crippen LogP contribution in [0.1, 0.15) is 12.5 Å². The van der Waals surface area contributed by atoms with E-state index in [0.717, 1.165) is 31.2 Å². The van der Waals surface area contributed by atoms with Crippen LogP contribution in [0, 0.1) is 0 Å². The lowest BCUT2D eigenvalue weighted by Crippen LogP contribution is -2.49. The smallest absolute Gasteiger partial charge is 0.0406 e. The molecule has 82 valence electrons. The number of piperazine rings is 1. The molecule has 1 N–H and O–H groups in total. The highest BCUT2D eigenvalue weighted by atomic mass is 35.5. The number of benzene rings is 1. The van der Waals surface area contributed by atoms with Crippen molar-refractivity contribution in [2.75, 3.05) is 19.6 Å². The molecule has 1 atom stereocenters. The van der Waals surface area contributed by atoms with Gasteiger partial charge in [-0.05, 0) is 24.6 Å². The summed E-state index contributed by atoms with van der Waals surface area (Å²) in [6, 6.07) is 8.76. The summed E-state index contributed by atoms with van der Waals surface area (Å²) >= 11 is 5.86. The standard InChI is InChI=1S/C12H17ClN2/c1-10-8-14-6-7-15(10)9-11-2-4-12(13)5-3-11/h2-5,10,14H,6-9H2,1H3. The fraction of sp³-hybridized carbons (Fsp3) is 0.500. The van der Waals surface area contributed by atoms with Crippen LogP contribution >= 0.6 is 11.6 Å². The van der Waals surface area contributed by atoms with E-state index in [9.17, 15) is 0 Å². The lowest BCUT2D eigenvalue weighted by molar-refractivity contribution is 0.165. The summed E-state index contributed by atoms with van der Waals surface area (Å²) in [4.78, 5) is 2.50. The Balaban J connectivity index is 1.98. The average Bonchev–Trinajstić information content (AvgIpc) is 2.25. The Kier molecular flexibility index (Phi) is 3.62. The van der Waals surface area contributed by atoms with Crippen molar-refractivity contribution in [3.05, 3.63) is 34.9 Å². The zero-order valence-corrected chi connectivity index (χ0v) is 9.80. The van der Waals surface area contributed by atoms with Gasteiger partial charge in [0.25, 0.3) is 0 Å². The third-order valence-electron chi connectivity index (χ3n) is 2.94. The first-order valence-corrected chi connectivity index (χ1v) is 5.83. The minimum absolute atomic E-state index is 0.620. The molecule has 1 aliphatic heterocycles. The molecular weight excluding hydrogens is 208 g/mol. The van der Waals surface area contributed by atoms with E-state index in [-0.39, 0.29) is 0 Å². The van der Waals surface area contributed by atoms with Crippen LogP contribution in [0.15, 0.2) is 24.3 Å². The van der Waals surface area contributed by atoms with Gasteiger partial charge in [-0.25, -0.2) is 0 Å². The van der Waals surface area contributed by atoms with E-state index in [0.29, 0.717) is 6.04 Å². The van der Waals surface area contributed by atoms with Gasteiger partial charge in [-0.2, -0.15) is 0 Å². The molecule has 1 aromatic carbocycles. The van der Waals surface area contributed by atoms with Crippen molar-refractivity contribution in [1.82, 2.24) is 10.2 Å². The minimum Gasteiger partial charge on any atom is -0.314 e. The summed E-state index contributed by atoms with van der Waals surface area (Å²) in [5.41, 5.74) is 1.34. The van der Waals surface area contributed by atoms with Gasteiger partial charge in [-0.15, -0.1) is 0 Å². The number of hydrogen-bond donors (Lipinski definition) is 1. The first-order valence-electron chi connectivity index (χ1n) is 5.45. The summed E-state index contributed by atoms with van der Waals surface area (Å²) in [7, 11) is 0. The maximum Gasteiger partial charge on any atom is 0.0406 e. The van der Waals surface area contributed by atoms with Gasteiger partial charge in [0.1, 0.15) is 0 Å². The summed E-state index contributed by atoms with van der Waals surface area (Å²) in [5.74, 6) is 0. The van der Waals surface area contributed by atoms with Crippen molar-refractivity contribution in [1.29, 1.82) is 0 Å². The fourth-order valence-electron chi connectivity index (χ4n) is 1.94. The van der Waals surface area contributed by atoms with Gasteiger partial charge in [0.15, 0.2) is 0 Å². The Morgan fingerprint density at radius 3 is 2.80 bits per heavy atom. The molecule has 1 fully saturated rings. The Morgan fingerprint density at radius 2 is 2.13 bits per heavy atom. The summed E-state index contributed by atoms with van der Waals surface area (Å²) in [6.07, 6.45) is 0. The van der Waals surface area contributed by atoms with E-state index in [1.807, 2.05) is 12.1 Å². The molecule has 0 saturated carbocycles. The topological polar surface area (TPSA) is 15.3 Å². The van der Waals surface area contributed by atoms with Crippen molar-refractivity contribution < 1.29 is 0 Å². The Morgan fingerprint density at radius 1 is 1.40 bits per heavy atom. The molecule has 0 radical (unpaired) electrons. The van der Waals surface area contributed by atoms with E-state index in [2.05, 4.69) is 29.3 Å². The fourth-order valence-corrected chi connectivity index (χ4v) is 2.07. The largest absolute Gasteiger partial charge is 0.314 e. The average molecular weight is 225 g/mol. The molecule has 2 nitrogen and oxygen atoms in total. The molecule has 1 aliphatic rings. The Bertz CT molecular complexity index is 310. The van der Waals surface area contributed by atoms with Crippen molar-refractivity contribution in [2.45, 2.75) is 19.5 Å². The van der Waals surface area contributed by atoms with Gasteiger partial charge in [0.05, 0.1) is 0 Å². The number of rotatable bonds is 2. The normalized spacial score (nSPS) is 22.9. The van der Waals surface area contributed by atoms with Crippen LogP contribution in [-0.2, 0) is 6.54 Å². The molecule has 0 bridgehead atoms. The first kappa shape index (κ1) is 10.9. The predicted octanol–water partition coefficient (Wildman–Crippen LogP) is 2.13. The lowest BCUT2D eigenvalue weighted by atomic mass is 10.1. The van der Waals surface area contributed by atoms with Crippen molar-refractivity contribution in [3.63, 3.8) is 0 Å². The van der Waals surface area contributed by atoms with Crippen LogP contribution in [0.4, 0.5) is 0 Å². The molecule has 15 heavy (non-hydrogen) atoms. The van der Waals surface area contributed by atoms with Crippen LogP contribution in [0.3, 0.4) is 0 Å². The Labute approximate surface area is 96.2 Å². The number of halogens is 1. The second kappa shape index (κ2) is 4.97. The number of hydrogen-bond acceptors (Lipinski definition) is 2. The highest BCUT2D eigenvalue weighted by Gasteiger charge is 2.17. The molecule has 0 aliphatic carbocycles. The predicted molar refractivity (Wildman–Crippen MR) is 64.2 cm³/mol. The quantitative estimate of drug-likeness (QED) is 0.828. The first-order chi connectivity index (χ1) is 7.25. The van der Waals surface area contributed by atoms with Crippen molar-refractivity contribution >= 4 is 11.6 Å². The van der Waals surface area contributed by atoms with E-state index in [1.165, 1.54) is 5.56 Å². The summed E-state index contributed by atoms with van der Waals surface area (Å²) in [5, 5.41) is 4.21. The molecule has 1 aromatic rings. The third-order valence-corrected chi connectivity index (χ3v) is 3.19. The van der Waals surface area contributed by atoms with E-state index < -0.39 is 0 Å². The molecular formula is C12H17ClN2. The maximum atomic E-state index is 5.86. The Hall–Kier alpha value is -0.570. The second-order valence-corrected chi connectivity index (χ2v) is 4.59. The lowest BCUT2D eigenvalue weighted by Gasteiger charge is -2.33. The SMILES string of the molecule is CC1CNCCN1Cc1ccc(Cl)cc1. The third kappa shape index (κ3) is 2.94. The van der Waals surface area contributed by atoms with Gasteiger partial charge < -0.3 is 5.32 Å². The maximum absolute atomic E-state index is 5.86. The van der Waals surface area contributed by atoms with Gasteiger partial charge in [-0.3, -0.25) is 4.90 Å². The molecule has 1 unspecified atom stereocenters. The van der Waals surface area contributed by atoms with E-state index in [1.54, 1.807) is 0 Å². The van der Waals surface area contributed by atoms with Crippen LogP contribution in [0.25, 0.3) is 0 Å². The molecule has 2 rings (SSSR count). The highest BCUT2D eigenvalue weighted by molar-refractivity contribution is 6.30. The summed E-state index contributed by atoms with van der Waals surface area (Å²) in [6.45, 7) is 6.61. The van der Waals surface area contributed by atoms with Crippen LogP contribution in [0.2, 0.25) is 5.02 Å². The summed E-state index contributed by atoms with van der Waals surface area (Å²) < 4.78 is 0. The molecule has 3 heteroatoms. The molecule has 1 saturated heterocycles.